The Morgan fingerprint density at radius 1 is 0.231 bits per heavy atom. The van der Waals surface area contributed by atoms with Crippen molar-refractivity contribution in [2.75, 3.05) is 4.90 Å². The predicted octanol–water partition coefficient (Wildman–Crippen LogP) is 18.2. The molecule has 0 saturated carbocycles. The van der Waals surface area contributed by atoms with Crippen LogP contribution in [0.3, 0.4) is 0 Å². The number of anilines is 3. The van der Waals surface area contributed by atoms with E-state index >= 15 is 0 Å². The minimum atomic E-state index is 1.09. The van der Waals surface area contributed by atoms with E-state index in [0.29, 0.717) is 0 Å². The molecular formula is C64H41N. The van der Waals surface area contributed by atoms with Crippen LogP contribution < -0.4 is 4.90 Å². The minimum Gasteiger partial charge on any atom is -0.309 e. The van der Waals surface area contributed by atoms with Crippen molar-refractivity contribution in [2.24, 2.45) is 0 Å². The second kappa shape index (κ2) is 15.1. The van der Waals surface area contributed by atoms with E-state index in [1.165, 1.54) is 109 Å². The quantitative estimate of drug-likeness (QED) is 0.151. The molecule has 0 amide bonds. The summed E-state index contributed by atoms with van der Waals surface area (Å²) in [5.41, 5.74) is 10.6. The molecule has 0 radical (unpaired) electrons. The zero-order chi connectivity index (χ0) is 42.8. The molecule has 0 aliphatic rings. The third kappa shape index (κ3) is 5.94. The Hall–Kier alpha value is -8.52. The Kier molecular flexibility index (Phi) is 8.60. The van der Waals surface area contributed by atoms with Crippen molar-refractivity contribution in [3.8, 4) is 33.4 Å². The Bertz CT molecular complexity index is 3860. The van der Waals surface area contributed by atoms with Crippen LogP contribution in [0.15, 0.2) is 249 Å². The summed E-state index contributed by atoms with van der Waals surface area (Å²) in [7, 11) is 0. The first-order valence-corrected chi connectivity index (χ1v) is 22.5. The molecule has 65 heavy (non-hydrogen) atoms. The normalized spacial score (nSPS) is 11.7. The fourth-order valence-corrected chi connectivity index (χ4v) is 10.7. The maximum atomic E-state index is 2.50. The van der Waals surface area contributed by atoms with Crippen LogP contribution in [0.4, 0.5) is 17.1 Å². The Morgan fingerprint density at radius 3 is 1.09 bits per heavy atom. The summed E-state index contributed by atoms with van der Waals surface area (Å²) in [6.45, 7) is 0. The molecule has 1 nitrogen and oxygen atoms in total. The van der Waals surface area contributed by atoms with Crippen molar-refractivity contribution in [1.82, 2.24) is 0 Å². The van der Waals surface area contributed by atoms with Gasteiger partial charge in [-0.3, -0.25) is 0 Å². The molecule has 13 aromatic carbocycles. The van der Waals surface area contributed by atoms with Gasteiger partial charge in [-0.2, -0.15) is 0 Å². The summed E-state index contributed by atoms with van der Waals surface area (Å²) in [6, 6.07) is 91.8. The highest BCUT2D eigenvalue weighted by Crippen LogP contribution is 2.51. The molecule has 0 fully saturated rings. The molecule has 0 aliphatic heterocycles. The van der Waals surface area contributed by atoms with E-state index in [1.54, 1.807) is 0 Å². The zero-order valence-corrected chi connectivity index (χ0v) is 35.6. The molecule has 0 saturated heterocycles. The Morgan fingerprint density at radius 2 is 0.600 bits per heavy atom. The van der Waals surface area contributed by atoms with E-state index in [-0.39, 0.29) is 0 Å². The molecule has 0 bridgehead atoms. The highest BCUT2D eigenvalue weighted by Gasteiger charge is 2.24. The molecule has 1 heteroatoms. The van der Waals surface area contributed by atoms with Gasteiger partial charge >= 0.3 is 0 Å². The van der Waals surface area contributed by atoms with Crippen LogP contribution in [0.1, 0.15) is 0 Å². The SMILES string of the molecule is c1ccc(-c2cc(-c3ccccc3)c3c4ccccc4c4ccccc4c3c2-c2ccc(N(c3cc4ccccc4c4ccccc34)c3cc4ccccc4c4ccccc34)cc2)cc1. The highest BCUT2D eigenvalue weighted by molar-refractivity contribution is 6.33. The number of hydrogen-bond donors (Lipinski definition) is 0. The molecule has 0 unspecified atom stereocenters. The van der Waals surface area contributed by atoms with Gasteiger partial charge in [0.05, 0.1) is 11.4 Å². The molecule has 0 aromatic heterocycles. The van der Waals surface area contributed by atoms with Gasteiger partial charge < -0.3 is 4.90 Å². The van der Waals surface area contributed by atoms with Crippen molar-refractivity contribution >= 4 is 92.5 Å². The second-order valence-electron chi connectivity index (χ2n) is 17.1. The third-order valence-corrected chi connectivity index (χ3v) is 13.6. The van der Waals surface area contributed by atoms with E-state index in [0.717, 1.165) is 17.1 Å². The zero-order valence-electron chi connectivity index (χ0n) is 35.6. The van der Waals surface area contributed by atoms with Crippen molar-refractivity contribution in [1.29, 1.82) is 0 Å². The summed E-state index contributed by atoms with van der Waals surface area (Å²) in [5.74, 6) is 0. The van der Waals surface area contributed by atoms with E-state index in [9.17, 15) is 0 Å². The first kappa shape index (κ1) is 37.1. The van der Waals surface area contributed by atoms with Gasteiger partial charge in [0, 0.05) is 16.5 Å². The van der Waals surface area contributed by atoms with Gasteiger partial charge in [0.25, 0.3) is 0 Å². The molecular weight excluding hydrogens is 783 g/mol. The summed E-state index contributed by atoms with van der Waals surface area (Å²) in [5, 5.41) is 17.4. The molecule has 0 aliphatic carbocycles. The first-order chi connectivity index (χ1) is 32.3. The van der Waals surface area contributed by atoms with E-state index < -0.39 is 0 Å². The standard InChI is InChI=1S/C64H41N/c1-3-19-42(20-4-1)58-41-59(43-21-5-2-6-22-43)63-56-33-17-13-29-52(56)53-30-14-18-34-57(53)64(63)62(58)44-35-37-47(38-36-44)65(60-39-45-23-7-9-25-48(45)50-27-11-15-31-54(50)60)61-40-46-24-8-10-26-49(46)51-28-12-16-32-55(51)61/h1-41H. The molecule has 302 valence electrons. The fraction of sp³-hybridized carbons (Fsp3) is 0. The summed E-state index contributed by atoms with van der Waals surface area (Å²) in [4.78, 5) is 2.50. The van der Waals surface area contributed by atoms with Crippen molar-refractivity contribution in [3.05, 3.63) is 249 Å². The lowest BCUT2D eigenvalue weighted by molar-refractivity contribution is 1.32. The molecule has 0 spiro atoms. The van der Waals surface area contributed by atoms with Gasteiger partial charge in [0.15, 0.2) is 0 Å². The number of nitrogens with zero attached hydrogens (tertiary/aromatic N) is 1. The van der Waals surface area contributed by atoms with Crippen LogP contribution in [0.5, 0.6) is 0 Å². The van der Waals surface area contributed by atoms with E-state index in [2.05, 4.69) is 254 Å². The molecule has 13 aromatic rings. The van der Waals surface area contributed by atoms with Crippen molar-refractivity contribution in [2.45, 2.75) is 0 Å². The van der Waals surface area contributed by atoms with Gasteiger partial charge in [0.1, 0.15) is 0 Å². The van der Waals surface area contributed by atoms with Crippen LogP contribution in [0.25, 0.3) is 109 Å². The number of benzene rings is 13. The largest absolute Gasteiger partial charge is 0.309 e. The first-order valence-electron chi connectivity index (χ1n) is 22.5. The molecule has 0 heterocycles. The molecule has 0 atom stereocenters. The van der Waals surface area contributed by atoms with Gasteiger partial charge in [-0.25, -0.2) is 0 Å². The minimum absolute atomic E-state index is 1.09. The van der Waals surface area contributed by atoms with E-state index in [4.69, 9.17) is 0 Å². The van der Waals surface area contributed by atoms with E-state index in [1.807, 2.05) is 0 Å². The fourth-order valence-electron chi connectivity index (χ4n) is 10.7. The average Bonchev–Trinajstić information content (AvgIpc) is 3.39. The van der Waals surface area contributed by atoms with Gasteiger partial charge in [-0.1, -0.05) is 218 Å². The topological polar surface area (TPSA) is 3.24 Å². The number of hydrogen-bond acceptors (Lipinski definition) is 1. The van der Waals surface area contributed by atoms with Crippen molar-refractivity contribution < 1.29 is 0 Å². The van der Waals surface area contributed by atoms with Gasteiger partial charge in [0.2, 0.25) is 0 Å². The molecule has 0 N–H and O–H groups in total. The summed E-state index contributed by atoms with van der Waals surface area (Å²) < 4.78 is 0. The maximum absolute atomic E-state index is 2.50. The van der Waals surface area contributed by atoms with Crippen LogP contribution in [-0.4, -0.2) is 0 Å². The summed E-state index contributed by atoms with van der Waals surface area (Å²) >= 11 is 0. The molecule has 13 rings (SSSR count). The lowest BCUT2D eigenvalue weighted by atomic mass is 9.81. The Labute approximate surface area is 377 Å². The van der Waals surface area contributed by atoms with Gasteiger partial charge in [-0.15, -0.1) is 0 Å². The lowest BCUT2D eigenvalue weighted by Crippen LogP contribution is -2.11. The highest BCUT2D eigenvalue weighted by atomic mass is 15.1. The van der Waals surface area contributed by atoms with Crippen LogP contribution in [-0.2, 0) is 0 Å². The van der Waals surface area contributed by atoms with Crippen molar-refractivity contribution in [3.63, 3.8) is 0 Å². The smallest absolute Gasteiger partial charge is 0.0546 e. The van der Waals surface area contributed by atoms with Crippen LogP contribution >= 0.6 is 0 Å². The summed E-state index contributed by atoms with van der Waals surface area (Å²) in [6.07, 6.45) is 0. The predicted molar refractivity (Wildman–Crippen MR) is 280 cm³/mol. The van der Waals surface area contributed by atoms with Crippen LogP contribution in [0, 0.1) is 0 Å². The van der Waals surface area contributed by atoms with Gasteiger partial charge in [-0.05, 0) is 128 Å². The maximum Gasteiger partial charge on any atom is 0.0546 e. The number of fused-ring (bicyclic) bond motifs is 12. The second-order valence-corrected chi connectivity index (χ2v) is 17.1. The monoisotopic (exact) mass is 823 g/mol. The van der Waals surface area contributed by atoms with Crippen LogP contribution in [0.2, 0.25) is 0 Å². The average molecular weight is 824 g/mol. The number of rotatable bonds is 6. The Balaban J connectivity index is 1.13. The lowest BCUT2D eigenvalue weighted by Gasteiger charge is -2.29. The third-order valence-electron chi connectivity index (χ3n) is 13.6.